The van der Waals surface area contributed by atoms with E-state index in [2.05, 4.69) is 0 Å². The van der Waals surface area contributed by atoms with Gasteiger partial charge in [0.05, 0.1) is 10.1 Å². The number of hydrogen-bond acceptors (Lipinski definition) is 4. The number of nitrogens with two attached hydrogens (primary N) is 1. The Morgan fingerprint density at radius 2 is 2.05 bits per heavy atom. The molecule has 2 atom stereocenters. The molecule has 1 aromatic rings. The van der Waals surface area contributed by atoms with E-state index in [-0.39, 0.29) is 23.3 Å². The van der Waals surface area contributed by atoms with Crippen molar-refractivity contribution in [2.45, 2.75) is 42.4 Å². The van der Waals surface area contributed by atoms with Crippen molar-refractivity contribution in [3.8, 4) is 0 Å². The Hall–Kier alpha value is -1.47. The van der Waals surface area contributed by atoms with Crippen molar-refractivity contribution in [3.63, 3.8) is 0 Å². The monoisotopic (exact) mass is 328 g/mol. The second-order valence-electron chi connectivity index (χ2n) is 5.63. The molecule has 0 bridgehead atoms. The van der Waals surface area contributed by atoms with Gasteiger partial charge in [-0.2, -0.15) is 0 Å². The summed E-state index contributed by atoms with van der Waals surface area (Å²) in [6.07, 6.45) is 1.67. The number of nitrogens with zero attached hydrogens (tertiary/aromatic N) is 1. The summed E-state index contributed by atoms with van der Waals surface area (Å²) in [6, 6.07) is 4.67. The van der Waals surface area contributed by atoms with Crippen LogP contribution >= 0.6 is 0 Å². The number of amides is 1. The standard InChI is InChI=1S/C15H21FN2O3S/c1-11(9-15(19)18-8-2-3-13(18)10-17)22(20,21)14-6-4-12(16)5-7-14/h4-7,11,13H,2-3,8-10,17H2,1H3. The molecule has 1 saturated heterocycles. The van der Waals surface area contributed by atoms with E-state index in [1.807, 2.05) is 0 Å². The van der Waals surface area contributed by atoms with E-state index in [9.17, 15) is 17.6 Å². The lowest BCUT2D eigenvalue weighted by atomic mass is 10.2. The SMILES string of the molecule is CC(CC(=O)N1CCCC1CN)S(=O)(=O)c1ccc(F)cc1. The lowest BCUT2D eigenvalue weighted by molar-refractivity contribution is -0.131. The minimum Gasteiger partial charge on any atom is -0.338 e. The van der Waals surface area contributed by atoms with Crippen LogP contribution in [0.15, 0.2) is 29.2 Å². The van der Waals surface area contributed by atoms with Gasteiger partial charge in [-0.1, -0.05) is 0 Å². The molecule has 2 unspecified atom stereocenters. The predicted molar refractivity (Wildman–Crippen MR) is 81.5 cm³/mol. The van der Waals surface area contributed by atoms with Crippen molar-refractivity contribution < 1.29 is 17.6 Å². The van der Waals surface area contributed by atoms with E-state index in [4.69, 9.17) is 5.73 Å². The number of hydrogen-bond donors (Lipinski definition) is 1. The van der Waals surface area contributed by atoms with E-state index in [0.29, 0.717) is 13.1 Å². The fraction of sp³-hybridized carbons (Fsp3) is 0.533. The van der Waals surface area contributed by atoms with Gasteiger partial charge in [0.25, 0.3) is 0 Å². The lowest BCUT2D eigenvalue weighted by Crippen LogP contribution is -2.41. The maximum absolute atomic E-state index is 12.9. The normalized spacial score (nSPS) is 20.1. The van der Waals surface area contributed by atoms with Crippen molar-refractivity contribution in [1.82, 2.24) is 4.90 Å². The molecule has 0 saturated carbocycles. The zero-order chi connectivity index (χ0) is 16.3. The summed E-state index contributed by atoms with van der Waals surface area (Å²) in [6.45, 7) is 2.53. The van der Waals surface area contributed by atoms with E-state index < -0.39 is 20.9 Å². The van der Waals surface area contributed by atoms with Gasteiger partial charge in [0.1, 0.15) is 5.82 Å². The zero-order valence-corrected chi connectivity index (χ0v) is 13.4. The van der Waals surface area contributed by atoms with Crippen LogP contribution in [0, 0.1) is 5.82 Å². The number of likely N-dealkylation sites (tertiary alicyclic amines) is 1. The van der Waals surface area contributed by atoms with Crippen LogP contribution in [0.5, 0.6) is 0 Å². The number of benzene rings is 1. The molecule has 0 spiro atoms. The van der Waals surface area contributed by atoms with E-state index >= 15 is 0 Å². The van der Waals surface area contributed by atoms with E-state index in [1.54, 1.807) is 4.90 Å². The highest BCUT2D eigenvalue weighted by atomic mass is 32.2. The first-order chi connectivity index (χ1) is 10.4. The van der Waals surface area contributed by atoms with E-state index in [1.165, 1.54) is 19.1 Å². The van der Waals surface area contributed by atoms with Crippen LogP contribution in [0.1, 0.15) is 26.2 Å². The number of carbonyl (C=O) groups excluding carboxylic acids is 1. The summed E-state index contributed by atoms with van der Waals surface area (Å²) in [5.41, 5.74) is 5.64. The highest BCUT2D eigenvalue weighted by molar-refractivity contribution is 7.92. The Balaban J connectivity index is 2.09. The Bertz CT molecular complexity index is 631. The average Bonchev–Trinajstić information content (AvgIpc) is 2.96. The summed E-state index contributed by atoms with van der Waals surface area (Å²) in [5.74, 6) is -0.684. The Morgan fingerprint density at radius 3 is 2.64 bits per heavy atom. The molecule has 1 aromatic carbocycles. The molecule has 1 heterocycles. The summed E-state index contributed by atoms with van der Waals surface area (Å²) < 4.78 is 37.8. The molecule has 122 valence electrons. The highest BCUT2D eigenvalue weighted by Crippen LogP contribution is 2.22. The third kappa shape index (κ3) is 3.47. The first-order valence-electron chi connectivity index (χ1n) is 7.35. The Morgan fingerprint density at radius 1 is 1.41 bits per heavy atom. The molecule has 1 aliphatic rings. The highest BCUT2D eigenvalue weighted by Gasteiger charge is 2.32. The molecule has 7 heteroatoms. The maximum atomic E-state index is 12.9. The topological polar surface area (TPSA) is 80.5 Å². The van der Waals surface area contributed by atoms with Crippen molar-refractivity contribution in [2.24, 2.45) is 5.73 Å². The molecule has 0 radical (unpaired) electrons. The van der Waals surface area contributed by atoms with Gasteiger partial charge < -0.3 is 10.6 Å². The second-order valence-corrected chi connectivity index (χ2v) is 8.00. The van der Waals surface area contributed by atoms with Crippen LogP contribution in [0.25, 0.3) is 0 Å². The van der Waals surface area contributed by atoms with Crippen LogP contribution in [-0.4, -0.2) is 43.6 Å². The molecular weight excluding hydrogens is 307 g/mol. The maximum Gasteiger partial charge on any atom is 0.224 e. The van der Waals surface area contributed by atoms with Gasteiger partial charge in [-0.3, -0.25) is 4.79 Å². The molecule has 1 amide bonds. The van der Waals surface area contributed by atoms with Gasteiger partial charge in [-0.25, -0.2) is 12.8 Å². The zero-order valence-electron chi connectivity index (χ0n) is 12.5. The molecule has 2 N–H and O–H groups in total. The minimum absolute atomic E-state index is 0.00762. The molecule has 22 heavy (non-hydrogen) atoms. The number of rotatable bonds is 5. The van der Waals surface area contributed by atoms with Crippen LogP contribution < -0.4 is 5.73 Å². The number of carbonyl (C=O) groups is 1. The van der Waals surface area contributed by atoms with E-state index in [0.717, 1.165) is 25.0 Å². The summed E-state index contributed by atoms with van der Waals surface area (Å²) in [7, 11) is -3.65. The Kier molecular flexibility index (Phi) is 5.18. The number of sulfone groups is 1. The van der Waals surface area contributed by atoms with Gasteiger partial charge in [0.15, 0.2) is 9.84 Å². The molecule has 1 aliphatic heterocycles. The third-order valence-electron chi connectivity index (χ3n) is 4.10. The molecule has 2 rings (SSSR count). The smallest absolute Gasteiger partial charge is 0.224 e. The minimum atomic E-state index is -3.65. The van der Waals surface area contributed by atoms with Crippen LogP contribution in [0.4, 0.5) is 4.39 Å². The predicted octanol–water partition coefficient (Wildman–Crippen LogP) is 1.33. The van der Waals surface area contributed by atoms with Gasteiger partial charge in [0, 0.05) is 25.6 Å². The van der Waals surface area contributed by atoms with Gasteiger partial charge >= 0.3 is 0 Å². The average molecular weight is 328 g/mol. The number of halogens is 1. The van der Waals surface area contributed by atoms with Crippen molar-refractivity contribution >= 4 is 15.7 Å². The second kappa shape index (κ2) is 6.75. The first kappa shape index (κ1) is 16.9. The van der Waals surface area contributed by atoms with Crippen molar-refractivity contribution in [1.29, 1.82) is 0 Å². The summed E-state index contributed by atoms with van der Waals surface area (Å²) >= 11 is 0. The molecule has 0 aliphatic carbocycles. The fourth-order valence-electron chi connectivity index (χ4n) is 2.74. The summed E-state index contributed by atoms with van der Waals surface area (Å²) in [4.78, 5) is 14.0. The molecule has 1 fully saturated rings. The van der Waals surface area contributed by atoms with Crippen molar-refractivity contribution in [3.05, 3.63) is 30.1 Å². The van der Waals surface area contributed by atoms with Crippen LogP contribution in [-0.2, 0) is 14.6 Å². The van der Waals surface area contributed by atoms with Crippen LogP contribution in [0.2, 0.25) is 0 Å². The third-order valence-corrected chi connectivity index (χ3v) is 6.26. The molecule has 0 aromatic heterocycles. The Labute approximate surface area is 130 Å². The van der Waals surface area contributed by atoms with Gasteiger partial charge in [0.2, 0.25) is 5.91 Å². The largest absolute Gasteiger partial charge is 0.338 e. The van der Waals surface area contributed by atoms with Gasteiger partial charge in [-0.15, -0.1) is 0 Å². The van der Waals surface area contributed by atoms with Crippen molar-refractivity contribution in [2.75, 3.05) is 13.1 Å². The van der Waals surface area contributed by atoms with Gasteiger partial charge in [-0.05, 0) is 44.0 Å². The molecular formula is C15H21FN2O3S. The first-order valence-corrected chi connectivity index (χ1v) is 8.90. The lowest BCUT2D eigenvalue weighted by Gasteiger charge is -2.25. The fourth-order valence-corrected chi connectivity index (χ4v) is 4.08. The van der Waals surface area contributed by atoms with Crippen LogP contribution in [0.3, 0.4) is 0 Å². The molecule has 5 nitrogen and oxygen atoms in total. The summed E-state index contributed by atoms with van der Waals surface area (Å²) in [5, 5.41) is -0.857. The quantitative estimate of drug-likeness (QED) is 0.827.